The van der Waals surface area contributed by atoms with Gasteiger partial charge in [0.05, 0.1) is 0 Å². The summed E-state index contributed by atoms with van der Waals surface area (Å²) >= 11 is 11.6. The third kappa shape index (κ3) is 3.84. The lowest BCUT2D eigenvalue weighted by Gasteiger charge is -2.06. The van der Waals surface area contributed by atoms with Crippen molar-refractivity contribution in [2.24, 2.45) is 0 Å². The van der Waals surface area contributed by atoms with Gasteiger partial charge in [0.2, 0.25) is 0 Å². The van der Waals surface area contributed by atoms with Crippen LogP contribution in [0.2, 0.25) is 10.2 Å². The van der Waals surface area contributed by atoms with Gasteiger partial charge in [-0.15, -0.1) is 0 Å². The summed E-state index contributed by atoms with van der Waals surface area (Å²) in [6.45, 7) is 0.374. The molecule has 0 atom stereocenters. The summed E-state index contributed by atoms with van der Waals surface area (Å²) in [5.41, 5.74) is 6.82. The Morgan fingerprint density at radius 2 is 2.05 bits per heavy atom. The summed E-state index contributed by atoms with van der Waals surface area (Å²) in [6.07, 6.45) is 0. The van der Waals surface area contributed by atoms with Crippen molar-refractivity contribution in [2.75, 3.05) is 5.73 Å². The first kappa shape index (κ1) is 13.6. The fourth-order valence-electron chi connectivity index (χ4n) is 1.58. The predicted octanol–water partition coefficient (Wildman–Crippen LogP) is 2.90. The quantitative estimate of drug-likeness (QED) is 0.856. The van der Waals surface area contributed by atoms with Gasteiger partial charge in [-0.3, -0.25) is 4.79 Å². The lowest BCUT2D eigenvalue weighted by atomic mass is 10.2. The molecule has 98 valence electrons. The third-order valence-corrected chi connectivity index (χ3v) is 2.85. The lowest BCUT2D eigenvalue weighted by molar-refractivity contribution is 0.0951. The molecule has 1 amide bonds. The van der Waals surface area contributed by atoms with Crippen molar-refractivity contribution < 1.29 is 4.79 Å². The Morgan fingerprint density at radius 1 is 1.26 bits per heavy atom. The van der Waals surface area contributed by atoms with Gasteiger partial charge in [-0.25, -0.2) is 4.98 Å². The molecular weight excluding hydrogens is 285 g/mol. The molecule has 4 nitrogen and oxygen atoms in total. The Kier molecular flexibility index (Phi) is 4.24. The van der Waals surface area contributed by atoms with Crippen LogP contribution in [0.25, 0.3) is 0 Å². The van der Waals surface area contributed by atoms with Gasteiger partial charge in [0.1, 0.15) is 11.0 Å². The van der Waals surface area contributed by atoms with E-state index in [-0.39, 0.29) is 16.9 Å². The number of nitrogens with zero attached hydrogens (tertiary/aromatic N) is 1. The molecule has 0 saturated heterocycles. The number of hydrogen-bond donors (Lipinski definition) is 2. The number of benzene rings is 1. The molecule has 2 rings (SSSR count). The Labute approximate surface area is 120 Å². The zero-order valence-corrected chi connectivity index (χ0v) is 11.4. The van der Waals surface area contributed by atoms with E-state index in [2.05, 4.69) is 10.3 Å². The van der Waals surface area contributed by atoms with Gasteiger partial charge in [-0.1, -0.05) is 35.3 Å². The van der Waals surface area contributed by atoms with Crippen molar-refractivity contribution in [2.45, 2.75) is 6.54 Å². The normalized spacial score (nSPS) is 10.2. The molecule has 1 heterocycles. The zero-order valence-electron chi connectivity index (χ0n) is 9.86. The van der Waals surface area contributed by atoms with Crippen LogP contribution in [0.5, 0.6) is 0 Å². The average Bonchev–Trinajstić information content (AvgIpc) is 2.35. The number of nitrogens with two attached hydrogens (primary N) is 1. The summed E-state index contributed by atoms with van der Waals surface area (Å²) in [7, 11) is 0. The van der Waals surface area contributed by atoms with Crippen molar-refractivity contribution in [1.82, 2.24) is 10.3 Å². The third-order valence-electron chi connectivity index (χ3n) is 2.42. The maximum absolute atomic E-state index is 11.9. The number of aromatic nitrogens is 1. The fourth-order valence-corrected chi connectivity index (χ4v) is 2.01. The zero-order chi connectivity index (χ0) is 13.8. The smallest absolute Gasteiger partial charge is 0.251 e. The van der Waals surface area contributed by atoms with Crippen molar-refractivity contribution in [1.29, 1.82) is 0 Å². The SMILES string of the molecule is Nc1cc(C(=O)NCc2cccc(Cl)c2)cc(Cl)n1. The highest BCUT2D eigenvalue weighted by molar-refractivity contribution is 6.30. The Morgan fingerprint density at radius 3 is 2.74 bits per heavy atom. The minimum absolute atomic E-state index is 0.188. The van der Waals surface area contributed by atoms with Crippen LogP contribution in [0.4, 0.5) is 5.82 Å². The van der Waals surface area contributed by atoms with Crippen LogP contribution in [0, 0.1) is 0 Å². The number of pyridine rings is 1. The van der Waals surface area contributed by atoms with Crippen LogP contribution >= 0.6 is 23.2 Å². The molecule has 0 fully saturated rings. The number of nitrogen functional groups attached to an aromatic ring is 1. The van der Waals surface area contributed by atoms with E-state index in [1.807, 2.05) is 12.1 Å². The van der Waals surface area contributed by atoms with Gasteiger partial charge in [0.25, 0.3) is 5.91 Å². The van der Waals surface area contributed by atoms with Gasteiger partial charge >= 0.3 is 0 Å². The first-order chi connectivity index (χ1) is 9.04. The van der Waals surface area contributed by atoms with Gasteiger partial charge in [-0.2, -0.15) is 0 Å². The topological polar surface area (TPSA) is 68.0 Å². The van der Waals surface area contributed by atoms with Crippen LogP contribution in [-0.4, -0.2) is 10.9 Å². The molecule has 1 aromatic heterocycles. The van der Waals surface area contributed by atoms with Crippen molar-refractivity contribution in [3.05, 3.63) is 57.7 Å². The fraction of sp³-hybridized carbons (Fsp3) is 0.0769. The number of anilines is 1. The molecule has 0 saturated carbocycles. The number of halogens is 2. The molecule has 0 aliphatic heterocycles. The molecule has 0 radical (unpaired) electrons. The van der Waals surface area contributed by atoms with Crippen LogP contribution in [0.3, 0.4) is 0 Å². The van der Waals surface area contributed by atoms with E-state index in [9.17, 15) is 4.79 Å². The molecule has 6 heteroatoms. The number of nitrogens with one attached hydrogen (secondary N) is 1. The molecule has 0 aliphatic carbocycles. The van der Waals surface area contributed by atoms with Gasteiger partial charge in [0.15, 0.2) is 0 Å². The second kappa shape index (κ2) is 5.91. The van der Waals surface area contributed by atoms with Crippen molar-refractivity contribution in [3.8, 4) is 0 Å². The number of carbonyl (C=O) groups is 1. The molecular formula is C13H11Cl2N3O. The minimum Gasteiger partial charge on any atom is -0.384 e. The van der Waals surface area contributed by atoms with E-state index in [1.165, 1.54) is 12.1 Å². The maximum atomic E-state index is 11.9. The van der Waals surface area contributed by atoms with E-state index < -0.39 is 0 Å². The van der Waals surface area contributed by atoms with Crippen LogP contribution in [0.15, 0.2) is 36.4 Å². The molecule has 1 aromatic carbocycles. The molecule has 0 aliphatic rings. The molecule has 0 bridgehead atoms. The van der Waals surface area contributed by atoms with Crippen LogP contribution < -0.4 is 11.1 Å². The first-order valence-corrected chi connectivity index (χ1v) is 6.26. The number of amides is 1. The summed E-state index contributed by atoms with van der Waals surface area (Å²) in [4.78, 5) is 15.7. The summed E-state index contributed by atoms with van der Waals surface area (Å²) in [5, 5.41) is 3.57. The van der Waals surface area contributed by atoms with Crippen LogP contribution in [-0.2, 0) is 6.54 Å². The molecule has 0 spiro atoms. The minimum atomic E-state index is -0.268. The molecule has 0 unspecified atom stereocenters. The van der Waals surface area contributed by atoms with E-state index in [4.69, 9.17) is 28.9 Å². The lowest BCUT2D eigenvalue weighted by Crippen LogP contribution is -2.23. The maximum Gasteiger partial charge on any atom is 0.251 e. The highest BCUT2D eigenvalue weighted by Gasteiger charge is 2.08. The average molecular weight is 296 g/mol. The Bertz CT molecular complexity index is 596. The summed E-state index contributed by atoms with van der Waals surface area (Å²) < 4.78 is 0. The highest BCUT2D eigenvalue weighted by Crippen LogP contribution is 2.13. The van der Waals surface area contributed by atoms with E-state index in [1.54, 1.807) is 12.1 Å². The second-order valence-corrected chi connectivity index (χ2v) is 4.74. The standard InChI is InChI=1S/C13H11Cl2N3O/c14-10-3-1-2-8(4-10)7-17-13(19)9-5-11(15)18-12(16)6-9/h1-6H,7H2,(H2,16,18)(H,17,19). The Hall–Kier alpha value is -1.78. The largest absolute Gasteiger partial charge is 0.384 e. The number of carbonyl (C=O) groups excluding carboxylic acids is 1. The van der Waals surface area contributed by atoms with E-state index >= 15 is 0 Å². The number of rotatable bonds is 3. The second-order valence-electron chi connectivity index (χ2n) is 3.92. The summed E-state index contributed by atoms with van der Waals surface area (Å²) in [5.74, 6) is -0.0589. The van der Waals surface area contributed by atoms with Gasteiger partial charge < -0.3 is 11.1 Å². The molecule has 3 N–H and O–H groups in total. The molecule has 2 aromatic rings. The first-order valence-electron chi connectivity index (χ1n) is 5.50. The van der Waals surface area contributed by atoms with Crippen LogP contribution in [0.1, 0.15) is 15.9 Å². The van der Waals surface area contributed by atoms with Gasteiger partial charge in [-0.05, 0) is 29.8 Å². The molecule has 19 heavy (non-hydrogen) atoms. The Balaban J connectivity index is 2.05. The predicted molar refractivity (Wildman–Crippen MR) is 76.3 cm³/mol. The van der Waals surface area contributed by atoms with Crippen molar-refractivity contribution in [3.63, 3.8) is 0 Å². The van der Waals surface area contributed by atoms with Gasteiger partial charge in [0, 0.05) is 17.1 Å². The van der Waals surface area contributed by atoms with E-state index in [0.717, 1.165) is 5.56 Å². The monoisotopic (exact) mass is 295 g/mol. The van der Waals surface area contributed by atoms with Crippen molar-refractivity contribution >= 4 is 34.9 Å². The summed E-state index contributed by atoms with van der Waals surface area (Å²) in [6, 6.07) is 10.2. The highest BCUT2D eigenvalue weighted by atomic mass is 35.5. The number of hydrogen-bond acceptors (Lipinski definition) is 3. The van der Waals surface area contributed by atoms with E-state index in [0.29, 0.717) is 17.1 Å².